The summed E-state index contributed by atoms with van der Waals surface area (Å²) in [6, 6.07) is 6.21. The van der Waals surface area contributed by atoms with Gasteiger partial charge in [-0.15, -0.1) is 0 Å². The maximum Gasteiger partial charge on any atom is 0.406 e. The van der Waals surface area contributed by atoms with E-state index in [4.69, 9.17) is 4.74 Å². The third kappa shape index (κ3) is 3.65. The Bertz CT molecular complexity index is 418. The summed E-state index contributed by atoms with van der Waals surface area (Å²) in [7, 11) is 1.37. The van der Waals surface area contributed by atoms with Crippen LogP contribution in [0.5, 0.6) is 5.75 Å². The van der Waals surface area contributed by atoms with Crippen molar-refractivity contribution in [2.24, 2.45) is 0 Å². The zero-order valence-electron chi connectivity index (χ0n) is 10.1. The van der Waals surface area contributed by atoms with Gasteiger partial charge in [0, 0.05) is 6.54 Å². The first-order valence-corrected chi connectivity index (χ1v) is 5.38. The molecule has 0 N–H and O–H groups in total. The van der Waals surface area contributed by atoms with E-state index in [2.05, 4.69) is 0 Å². The molecule has 100 valence electrons. The summed E-state index contributed by atoms with van der Waals surface area (Å²) >= 11 is 0. The smallest absolute Gasteiger partial charge is 0.406 e. The molecule has 1 rings (SSSR count). The normalized spacial score (nSPS) is 11.2. The van der Waals surface area contributed by atoms with Crippen molar-refractivity contribution in [3.63, 3.8) is 0 Å². The van der Waals surface area contributed by atoms with Crippen LogP contribution in [-0.2, 0) is 0 Å². The summed E-state index contributed by atoms with van der Waals surface area (Å²) in [4.78, 5) is 12.7. The van der Waals surface area contributed by atoms with E-state index in [9.17, 15) is 18.0 Å². The maximum absolute atomic E-state index is 12.3. The van der Waals surface area contributed by atoms with Crippen molar-refractivity contribution in [1.82, 2.24) is 4.90 Å². The molecule has 0 bridgehead atoms. The molecular weight excluding hydrogens is 247 g/mol. The van der Waals surface area contributed by atoms with Crippen molar-refractivity contribution in [3.8, 4) is 5.75 Å². The topological polar surface area (TPSA) is 29.5 Å². The quantitative estimate of drug-likeness (QED) is 0.834. The average Bonchev–Trinajstić information content (AvgIpc) is 2.34. The van der Waals surface area contributed by atoms with Crippen molar-refractivity contribution >= 4 is 5.91 Å². The number of ether oxygens (including phenoxy) is 1. The molecule has 0 aliphatic rings. The minimum absolute atomic E-state index is 0.0175. The van der Waals surface area contributed by atoms with E-state index >= 15 is 0 Å². The third-order valence-electron chi connectivity index (χ3n) is 2.38. The monoisotopic (exact) mass is 261 g/mol. The molecule has 6 heteroatoms. The molecule has 0 aliphatic carbocycles. The van der Waals surface area contributed by atoms with E-state index in [0.717, 1.165) is 4.90 Å². The number of alkyl halides is 3. The number of hydrogen-bond acceptors (Lipinski definition) is 2. The molecule has 0 saturated heterocycles. The summed E-state index contributed by atoms with van der Waals surface area (Å²) in [6.07, 6.45) is -4.41. The Labute approximate surface area is 103 Å². The highest BCUT2D eigenvalue weighted by Crippen LogP contribution is 2.22. The number of hydrogen-bond donors (Lipinski definition) is 0. The molecule has 1 aromatic rings. The predicted molar refractivity (Wildman–Crippen MR) is 60.6 cm³/mol. The van der Waals surface area contributed by atoms with Gasteiger partial charge in [-0.3, -0.25) is 4.79 Å². The third-order valence-corrected chi connectivity index (χ3v) is 2.38. The lowest BCUT2D eigenvalue weighted by Gasteiger charge is -2.23. The summed E-state index contributed by atoms with van der Waals surface area (Å²) in [6.45, 7) is 0.218. The van der Waals surface area contributed by atoms with Crippen LogP contribution >= 0.6 is 0 Å². The van der Waals surface area contributed by atoms with Crippen LogP contribution in [-0.4, -0.2) is 37.2 Å². The molecule has 0 spiro atoms. The zero-order valence-corrected chi connectivity index (χ0v) is 10.1. The van der Waals surface area contributed by atoms with Gasteiger partial charge in [0.25, 0.3) is 5.91 Å². The number of carbonyl (C=O) groups excluding carboxylic acids is 1. The number of halogens is 3. The lowest BCUT2D eigenvalue weighted by atomic mass is 10.1. The lowest BCUT2D eigenvalue weighted by Crippen LogP contribution is -2.38. The minimum Gasteiger partial charge on any atom is -0.496 e. The summed E-state index contributed by atoms with van der Waals surface area (Å²) in [5.74, 6) is -0.421. The van der Waals surface area contributed by atoms with E-state index in [0.29, 0.717) is 0 Å². The Morgan fingerprint density at radius 1 is 1.33 bits per heavy atom. The SMILES string of the molecule is CCN(CC(F)(F)F)C(=O)c1ccccc1OC. The van der Waals surface area contributed by atoms with Gasteiger partial charge in [0.05, 0.1) is 12.7 Å². The van der Waals surface area contributed by atoms with Gasteiger partial charge in [-0.1, -0.05) is 12.1 Å². The fraction of sp³-hybridized carbons (Fsp3) is 0.417. The molecule has 18 heavy (non-hydrogen) atoms. The van der Waals surface area contributed by atoms with Crippen molar-refractivity contribution in [2.75, 3.05) is 20.2 Å². The summed E-state index contributed by atoms with van der Waals surface area (Å²) < 4.78 is 41.9. The summed E-state index contributed by atoms with van der Waals surface area (Å²) in [5.41, 5.74) is 0.131. The molecule has 1 aromatic carbocycles. The van der Waals surface area contributed by atoms with Gasteiger partial charge in [-0.2, -0.15) is 13.2 Å². The molecule has 0 unspecified atom stereocenters. The highest BCUT2D eigenvalue weighted by Gasteiger charge is 2.33. The molecule has 3 nitrogen and oxygen atoms in total. The molecule has 0 atom stereocenters. The highest BCUT2D eigenvalue weighted by molar-refractivity contribution is 5.96. The average molecular weight is 261 g/mol. The molecule has 0 heterocycles. The van der Waals surface area contributed by atoms with Gasteiger partial charge in [0.15, 0.2) is 0 Å². The van der Waals surface area contributed by atoms with Crippen LogP contribution in [0.1, 0.15) is 17.3 Å². The Morgan fingerprint density at radius 2 is 1.94 bits per heavy atom. The molecule has 0 fully saturated rings. The van der Waals surface area contributed by atoms with Crippen molar-refractivity contribution < 1.29 is 22.7 Å². The fourth-order valence-electron chi connectivity index (χ4n) is 1.54. The first-order chi connectivity index (χ1) is 8.39. The Balaban J connectivity index is 2.97. The van der Waals surface area contributed by atoms with Crippen LogP contribution in [0.25, 0.3) is 0 Å². The molecule has 0 radical (unpaired) electrons. The van der Waals surface area contributed by atoms with Gasteiger partial charge in [-0.25, -0.2) is 0 Å². The van der Waals surface area contributed by atoms with Crippen molar-refractivity contribution in [1.29, 1.82) is 0 Å². The Kier molecular flexibility index (Phi) is 4.58. The number of amides is 1. The van der Waals surface area contributed by atoms with Crippen LogP contribution in [0.2, 0.25) is 0 Å². The maximum atomic E-state index is 12.3. The first kappa shape index (κ1) is 14.3. The molecular formula is C12H14F3NO2. The van der Waals surface area contributed by atoms with E-state index in [1.54, 1.807) is 12.1 Å². The van der Waals surface area contributed by atoms with Crippen molar-refractivity contribution in [2.45, 2.75) is 13.1 Å². The van der Waals surface area contributed by atoms with Crippen LogP contribution in [0.4, 0.5) is 13.2 Å². The zero-order chi connectivity index (χ0) is 13.8. The number of nitrogens with zero attached hydrogens (tertiary/aromatic N) is 1. The second-order valence-electron chi connectivity index (χ2n) is 3.63. The van der Waals surface area contributed by atoms with E-state index in [-0.39, 0.29) is 17.9 Å². The predicted octanol–water partition coefficient (Wildman–Crippen LogP) is 2.72. The first-order valence-electron chi connectivity index (χ1n) is 5.38. The van der Waals surface area contributed by atoms with Crippen LogP contribution in [0.15, 0.2) is 24.3 Å². The Morgan fingerprint density at radius 3 is 2.44 bits per heavy atom. The van der Waals surface area contributed by atoms with Gasteiger partial charge in [-0.05, 0) is 19.1 Å². The molecule has 0 aromatic heterocycles. The molecule has 1 amide bonds. The van der Waals surface area contributed by atoms with E-state index < -0.39 is 18.6 Å². The van der Waals surface area contributed by atoms with Gasteiger partial charge >= 0.3 is 6.18 Å². The number of rotatable bonds is 4. The minimum atomic E-state index is -4.41. The van der Waals surface area contributed by atoms with Crippen molar-refractivity contribution in [3.05, 3.63) is 29.8 Å². The lowest BCUT2D eigenvalue weighted by molar-refractivity contribution is -0.140. The van der Waals surface area contributed by atoms with E-state index in [1.807, 2.05) is 0 Å². The largest absolute Gasteiger partial charge is 0.496 e. The number of benzene rings is 1. The molecule has 0 saturated carbocycles. The van der Waals surface area contributed by atoms with Gasteiger partial charge in [0.1, 0.15) is 12.3 Å². The highest BCUT2D eigenvalue weighted by atomic mass is 19.4. The van der Waals surface area contributed by atoms with Crippen LogP contribution in [0, 0.1) is 0 Å². The second-order valence-corrected chi connectivity index (χ2v) is 3.63. The Hall–Kier alpha value is -1.72. The van der Waals surface area contributed by atoms with Gasteiger partial charge < -0.3 is 9.64 Å². The van der Waals surface area contributed by atoms with Crippen LogP contribution in [0.3, 0.4) is 0 Å². The standard InChI is InChI=1S/C12H14F3NO2/c1-3-16(8-12(13,14)15)11(17)9-6-4-5-7-10(9)18-2/h4-7H,3,8H2,1-2H3. The van der Waals surface area contributed by atoms with E-state index in [1.165, 1.54) is 26.2 Å². The fourth-order valence-corrected chi connectivity index (χ4v) is 1.54. The van der Waals surface area contributed by atoms with Crippen LogP contribution < -0.4 is 4.74 Å². The second kappa shape index (κ2) is 5.75. The summed E-state index contributed by atoms with van der Waals surface area (Å²) in [5, 5.41) is 0. The number of para-hydroxylation sites is 1. The number of methoxy groups -OCH3 is 1. The number of carbonyl (C=O) groups is 1. The van der Waals surface area contributed by atoms with Gasteiger partial charge in [0.2, 0.25) is 0 Å². The molecule has 0 aliphatic heterocycles.